The monoisotopic (exact) mass is 174 g/mol. The molecule has 1 rings (SSSR count). The second kappa shape index (κ2) is 4.51. The van der Waals surface area contributed by atoms with Gasteiger partial charge in [-0.05, 0) is 25.5 Å². The Kier molecular flexibility index (Phi) is 3.32. The van der Waals surface area contributed by atoms with E-state index in [1.807, 2.05) is 38.2 Å². The van der Waals surface area contributed by atoms with E-state index in [1.54, 1.807) is 12.3 Å². The Bertz CT molecular complexity index is 418. The Morgan fingerprint density at radius 2 is 2.15 bits per heavy atom. The number of rotatable bonds is 2. The summed E-state index contributed by atoms with van der Waals surface area (Å²) < 4.78 is 5.34. The van der Waals surface area contributed by atoms with Crippen molar-refractivity contribution in [2.75, 3.05) is 0 Å². The molecule has 0 radical (unpaired) electrons. The summed E-state index contributed by atoms with van der Waals surface area (Å²) in [5.41, 5.74) is 2.01. The van der Waals surface area contributed by atoms with Crippen LogP contribution in [0, 0.1) is 6.92 Å². The summed E-state index contributed by atoms with van der Waals surface area (Å²) in [5, 5.41) is 1.12. The lowest BCUT2D eigenvalue weighted by Gasteiger charge is -1.78. The molecule has 0 atom stereocenters. The standard InChI is InChI=1S/C12H14O/c1-4-6-8-11-10(3)9-13-12(11)7-5-2/h4-9H,2H2,1,3H3/b6-4-,11-8-,12-7+. The Hall–Kier alpha value is -1.50. The van der Waals surface area contributed by atoms with E-state index >= 15 is 0 Å². The van der Waals surface area contributed by atoms with Crippen molar-refractivity contribution < 1.29 is 4.42 Å². The van der Waals surface area contributed by atoms with Crippen LogP contribution in [-0.4, -0.2) is 0 Å². The molecule has 0 fully saturated rings. The third-order valence-corrected chi connectivity index (χ3v) is 1.78. The molecule has 0 bridgehead atoms. The third kappa shape index (κ3) is 2.22. The molecule has 0 aliphatic heterocycles. The van der Waals surface area contributed by atoms with Crippen molar-refractivity contribution >= 4 is 12.2 Å². The highest BCUT2D eigenvalue weighted by molar-refractivity contribution is 5.42. The van der Waals surface area contributed by atoms with Crippen molar-refractivity contribution in [1.29, 1.82) is 0 Å². The molecule has 0 amide bonds. The predicted octanol–water partition coefficient (Wildman–Crippen LogP) is 1.91. The zero-order valence-electron chi connectivity index (χ0n) is 8.08. The zero-order valence-corrected chi connectivity index (χ0v) is 8.08. The average Bonchev–Trinajstić information content (AvgIpc) is 2.45. The van der Waals surface area contributed by atoms with E-state index in [9.17, 15) is 0 Å². The van der Waals surface area contributed by atoms with Gasteiger partial charge in [-0.2, -0.15) is 0 Å². The van der Waals surface area contributed by atoms with Gasteiger partial charge >= 0.3 is 0 Å². The minimum Gasteiger partial charge on any atom is -0.464 e. The van der Waals surface area contributed by atoms with Gasteiger partial charge in [-0.3, -0.25) is 0 Å². The average molecular weight is 174 g/mol. The van der Waals surface area contributed by atoms with E-state index in [4.69, 9.17) is 4.42 Å². The lowest BCUT2D eigenvalue weighted by Crippen LogP contribution is -2.20. The van der Waals surface area contributed by atoms with Gasteiger partial charge < -0.3 is 4.42 Å². The highest BCUT2D eigenvalue weighted by atomic mass is 16.3. The molecule has 1 aromatic rings. The molecule has 0 aromatic carbocycles. The fourth-order valence-electron chi connectivity index (χ4n) is 1.12. The molecule has 1 heteroatoms. The van der Waals surface area contributed by atoms with Crippen LogP contribution in [0.15, 0.2) is 35.5 Å². The Morgan fingerprint density at radius 1 is 1.38 bits per heavy atom. The number of aryl methyl sites for hydroxylation is 1. The SMILES string of the molecule is C=C/C=c1/occ(C)/c1=C/C=C\C. The molecular formula is C12H14O. The van der Waals surface area contributed by atoms with Gasteiger partial charge in [0.15, 0.2) is 0 Å². The van der Waals surface area contributed by atoms with Crippen molar-refractivity contribution in [3.63, 3.8) is 0 Å². The van der Waals surface area contributed by atoms with E-state index in [2.05, 4.69) is 6.58 Å². The first-order valence-electron chi connectivity index (χ1n) is 4.29. The fraction of sp³-hybridized carbons (Fsp3) is 0.167. The van der Waals surface area contributed by atoms with Gasteiger partial charge in [0.2, 0.25) is 0 Å². The number of hydrogen-bond donors (Lipinski definition) is 0. The molecule has 68 valence electrons. The topological polar surface area (TPSA) is 13.1 Å². The Balaban J connectivity index is 3.40. The van der Waals surface area contributed by atoms with Crippen LogP contribution in [0.3, 0.4) is 0 Å². The van der Waals surface area contributed by atoms with Crippen molar-refractivity contribution in [2.24, 2.45) is 0 Å². The van der Waals surface area contributed by atoms with E-state index < -0.39 is 0 Å². The molecule has 0 aliphatic rings. The molecule has 0 saturated carbocycles. The largest absolute Gasteiger partial charge is 0.464 e. The van der Waals surface area contributed by atoms with Crippen LogP contribution in [0.4, 0.5) is 0 Å². The number of hydrogen-bond acceptors (Lipinski definition) is 1. The predicted molar refractivity (Wildman–Crippen MR) is 56.6 cm³/mol. The fourth-order valence-corrected chi connectivity index (χ4v) is 1.12. The molecule has 0 unspecified atom stereocenters. The first-order valence-corrected chi connectivity index (χ1v) is 4.29. The summed E-state index contributed by atoms with van der Waals surface area (Å²) in [6.07, 6.45) is 11.4. The normalized spacial score (nSPS) is 14.3. The zero-order chi connectivity index (χ0) is 9.68. The molecule has 0 aliphatic carbocycles. The summed E-state index contributed by atoms with van der Waals surface area (Å²) in [7, 11) is 0. The molecule has 0 saturated heterocycles. The van der Waals surface area contributed by atoms with Gasteiger partial charge in [0.05, 0.1) is 6.26 Å². The maximum atomic E-state index is 5.34. The maximum absolute atomic E-state index is 5.34. The van der Waals surface area contributed by atoms with Gasteiger partial charge in [-0.15, -0.1) is 0 Å². The van der Waals surface area contributed by atoms with Crippen LogP contribution in [0.2, 0.25) is 0 Å². The molecule has 0 N–H and O–H groups in total. The highest BCUT2D eigenvalue weighted by Gasteiger charge is 1.92. The lowest BCUT2D eigenvalue weighted by atomic mass is 10.2. The van der Waals surface area contributed by atoms with Crippen molar-refractivity contribution in [2.45, 2.75) is 13.8 Å². The van der Waals surface area contributed by atoms with E-state index in [0.717, 1.165) is 16.2 Å². The van der Waals surface area contributed by atoms with Crippen LogP contribution in [0.5, 0.6) is 0 Å². The van der Waals surface area contributed by atoms with Crippen LogP contribution in [-0.2, 0) is 0 Å². The molecule has 1 heterocycles. The first-order chi connectivity index (χ1) is 6.29. The van der Waals surface area contributed by atoms with Crippen LogP contribution < -0.4 is 10.6 Å². The van der Waals surface area contributed by atoms with Gasteiger partial charge in [-0.1, -0.05) is 30.9 Å². The molecule has 0 spiro atoms. The van der Waals surface area contributed by atoms with Gasteiger partial charge in [0, 0.05) is 5.22 Å². The quantitative estimate of drug-likeness (QED) is 0.667. The first kappa shape index (κ1) is 9.59. The smallest absolute Gasteiger partial charge is 0.134 e. The van der Waals surface area contributed by atoms with Crippen LogP contribution >= 0.6 is 0 Å². The Morgan fingerprint density at radius 3 is 2.77 bits per heavy atom. The van der Waals surface area contributed by atoms with Gasteiger partial charge in [0.25, 0.3) is 0 Å². The summed E-state index contributed by atoms with van der Waals surface area (Å²) in [5.74, 6) is 0. The highest BCUT2D eigenvalue weighted by Crippen LogP contribution is 1.85. The van der Waals surface area contributed by atoms with Crippen LogP contribution in [0.1, 0.15) is 12.5 Å². The van der Waals surface area contributed by atoms with Gasteiger partial charge in [0.1, 0.15) is 5.42 Å². The lowest BCUT2D eigenvalue weighted by molar-refractivity contribution is 0.530. The number of furan rings is 1. The van der Waals surface area contributed by atoms with Crippen molar-refractivity contribution in [3.05, 3.63) is 47.3 Å². The maximum Gasteiger partial charge on any atom is 0.134 e. The van der Waals surface area contributed by atoms with E-state index in [1.165, 1.54) is 0 Å². The summed E-state index contributed by atoms with van der Waals surface area (Å²) in [6, 6.07) is 0. The molecule has 13 heavy (non-hydrogen) atoms. The number of allylic oxidation sites excluding steroid dienone is 3. The second-order valence-corrected chi connectivity index (χ2v) is 2.79. The summed E-state index contributed by atoms with van der Waals surface area (Å²) >= 11 is 0. The van der Waals surface area contributed by atoms with Crippen molar-refractivity contribution in [3.8, 4) is 0 Å². The van der Waals surface area contributed by atoms with Crippen molar-refractivity contribution in [1.82, 2.24) is 0 Å². The summed E-state index contributed by atoms with van der Waals surface area (Å²) in [4.78, 5) is 0. The molecule has 1 aromatic heterocycles. The Labute approximate surface area is 78.4 Å². The minimum atomic E-state index is 0.866. The second-order valence-electron chi connectivity index (χ2n) is 2.79. The van der Waals surface area contributed by atoms with E-state index in [-0.39, 0.29) is 0 Å². The van der Waals surface area contributed by atoms with Crippen LogP contribution in [0.25, 0.3) is 12.2 Å². The molecule has 1 nitrogen and oxygen atoms in total. The van der Waals surface area contributed by atoms with E-state index in [0.29, 0.717) is 0 Å². The summed E-state index contributed by atoms with van der Waals surface area (Å²) in [6.45, 7) is 7.66. The van der Waals surface area contributed by atoms with Gasteiger partial charge in [-0.25, -0.2) is 0 Å². The third-order valence-electron chi connectivity index (χ3n) is 1.78. The molecular weight excluding hydrogens is 160 g/mol. The minimum absolute atomic E-state index is 0.866.